The molecule has 0 aliphatic carbocycles. The number of aryl methyl sites for hydroxylation is 3. The lowest BCUT2D eigenvalue weighted by Crippen LogP contribution is -2.02. The van der Waals surface area contributed by atoms with Crippen LogP contribution >= 0.6 is 0 Å². The van der Waals surface area contributed by atoms with Crippen molar-refractivity contribution in [3.05, 3.63) is 83.7 Å². The maximum atomic E-state index is 6.45. The van der Waals surface area contributed by atoms with Gasteiger partial charge in [-0.05, 0) is 55.7 Å². The molecule has 0 radical (unpaired) electrons. The van der Waals surface area contributed by atoms with Crippen LogP contribution in [0.2, 0.25) is 0 Å². The van der Waals surface area contributed by atoms with Gasteiger partial charge in [-0.15, -0.1) is 0 Å². The first-order chi connectivity index (χ1) is 14.6. The van der Waals surface area contributed by atoms with E-state index in [4.69, 9.17) is 13.8 Å². The van der Waals surface area contributed by atoms with Crippen molar-refractivity contribution in [2.45, 2.75) is 20.8 Å². The molecular weight excluding hydrogens is 372 g/mol. The third-order valence-electron chi connectivity index (χ3n) is 5.91. The molecule has 0 atom stereocenters. The first-order valence-electron chi connectivity index (χ1n) is 10.1. The molecule has 0 aliphatic heterocycles. The lowest BCUT2D eigenvalue weighted by Gasteiger charge is -2.15. The Kier molecular flexibility index (Phi) is 3.48. The van der Waals surface area contributed by atoms with Crippen LogP contribution in [-0.2, 0) is 0 Å². The van der Waals surface area contributed by atoms with Crippen molar-refractivity contribution < 1.29 is 8.83 Å². The molecule has 3 aromatic carbocycles. The molecule has 0 saturated heterocycles. The molecule has 0 N–H and O–H groups in total. The second-order valence-electron chi connectivity index (χ2n) is 7.85. The summed E-state index contributed by atoms with van der Waals surface area (Å²) in [6.07, 6.45) is 3.87. The molecule has 3 aromatic heterocycles. The van der Waals surface area contributed by atoms with Crippen LogP contribution in [0.25, 0.3) is 50.2 Å². The van der Waals surface area contributed by atoms with Crippen LogP contribution in [0.1, 0.15) is 16.7 Å². The molecule has 6 aromatic rings. The smallest absolute Gasteiger partial charge is 0.181 e. The SMILES string of the molecule is Cc1cccc(C)c1-n1ccnc1-c1c(C)ccc2c1oc1c3ccccc3oc21. The Balaban J connectivity index is 1.69. The maximum Gasteiger partial charge on any atom is 0.181 e. The topological polar surface area (TPSA) is 44.1 Å². The average Bonchev–Trinajstić information content (AvgIpc) is 3.42. The minimum absolute atomic E-state index is 0.789. The van der Waals surface area contributed by atoms with E-state index in [0.717, 1.165) is 55.7 Å². The Morgan fingerprint density at radius 3 is 2.30 bits per heavy atom. The van der Waals surface area contributed by atoms with Crippen molar-refractivity contribution in [3.8, 4) is 17.1 Å². The van der Waals surface area contributed by atoms with Gasteiger partial charge in [-0.25, -0.2) is 4.98 Å². The van der Waals surface area contributed by atoms with Gasteiger partial charge >= 0.3 is 0 Å². The highest BCUT2D eigenvalue weighted by atomic mass is 16.4. The second-order valence-corrected chi connectivity index (χ2v) is 7.85. The van der Waals surface area contributed by atoms with Crippen molar-refractivity contribution >= 4 is 33.1 Å². The van der Waals surface area contributed by atoms with Crippen LogP contribution in [0.4, 0.5) is 0 Å². The molecule has 0 saturated carbocycles. The zero-order chi connectivity index (χ0) is 20.4. The molecule has 30 heavy (non-hydrogen) atoms. The molecule has 4 nitrogen and oxygen atoms in total. The molecule has 0 fully saturated rings. The van der Waals surface area contributed by atoms with Gasteiger partial charge in [-0.3, -0.25) is 4.57 Å². The molecule has 0 unspecified atom stereocenters. The summed E-state index contributed by atoms with van der Waals surface area (Å²) in [5, 5.41) is 1.96. The summed E-state index contributed by atoms with van der Waals surface area (Å²) in [5.74, 6) is 0.871. The van der Waals surface area contributed by atoms with Gasteiger partial charge in [-0.1, -0.05) is 36.4 Å². The molecule has 146 valence electrons. The number of nitrogens with zero attached hydrogens (tertiary/aromatic N) is 2. The minimum atomic E-state index is 0.789. The Labute approximate surface area is 173 Å². The molecule has 6 rings (SSSR count). The third-order valence-corrected chi connectivity index (χ3v) is 5.91. The van der Waals surface area contributed by atoms with Gasteiger partial charge in [0, 0.05) is 12.4 Å². The highest BCUT2D eigenvalue weighted by Crippen LogP contribution is 2.41. The zero-order valence-electron chi connectivity index (χ0n) is 17.1. The predicted molar refractivity (Wildman–Crippen MR) is 120 cm³/mol. The van der Waals surface area contributed by atoms with Crippen LogP contribution < -0.4 is 0 Å². The van der Waals surface area contributed by atoms with E-state index in [2.05, 4.69) is 55.7 Å². The number of furan rings is 2. The summed E-state index contributed by atoms with van der Waals surface area (Å²) in [4.78, 5) is 4.75. The van der Waals surface area contributed by atoms with Crippen LogP contribution in [-0.4, -0.2) is 9.55 Å². The Bertz CT molecular complexity index is 1560. The van der Waals surface area contributed by atoms with Crippen molar-refractivity contribution in [3.63, 3.8) is 0 Å². The quantitative estimate of drug-likeness (QED) is 0.315. The van der Waals surface area contributed by atoms with Gasteiger partial charge in [0.25, 0.3) is 0 Å². The first kappa shape index (κ1) is 17.1. The van der Waals surface area contributed by atoms with Crippen LogP contribution in [0.15, 0.2) is 75.8 Å². The van der Waals surface area contributed by atoms with E-state index in [1.165, 1.54) is 11.1 Å². The van der Waals surface area contributed by atoms with E-state index in [-0.39, 0.29) is 0 Å². The van der Waals surface area contributed by atoms with E-state index in [1.807, 2.05) is 36.7 Å². The van der Waals surface area contributed by atoms with Crippen molar-refractivity contribution in [2.75, 3.05) is 0 Å². The molecule has 3 heterocycles. The molecule has 0 spiro atoms. The van der Waals surface area contributed by atoms with Crippen LogP contribution in [0.5, 0.6) is 0 Å². The fraction of sp³-hybridized carbons (Fsp3) is 0.115. The highest BCUT2D eigenvalue weighted by molar-refractivity contribution is 6.15. The maximum absolute atomic E-state index is 6.45. The number of benzene rings is 3. The molecular formula is C26H20N2O2. The largest absolute Gasteiger partial charge is 0.452 e. The Morgan fingerprint density at radius 1 is 0.700 bits per heavy atom. The number of para-hydroxylation sites is 2. The number of fused-ring (bicyclic) bond motifs is 5. The number of rotatable bonds is 2. The van der Waals surface area contributed by atoms with Gasteiger partial charge in [0.1, 0.15) is 17.0 Å². The summed E-state index contributed by atoms with van der Waals surface area (Å²) in [6.45, 7) is 6.36. The van der Waals surface area contributed by atoms with Gasteiger partial charge in [0.05, 0.1) is 22.0 Å². The fourth-order valence-electron chi connectivity index (χ4n) is 4.50. The predicted octanol–water partition coefficient (Wildman–Crippen LogP) is 7.11. The van der Waals surface area contributed by atoms with Crippen LogP contribution in [0.3, 0.4) is 0 Å². The summed E-state index contributed by atoms with van der Waals surface area (Å²) < 4.78 is 14.8. The summed E-state index contributed by atoms with van der Waals surface area (Å²) in [6, 6.07) is 18.5. The number of hydrogen-bond acceptors (Lipinski definition) is 3. The van der Waals surface area contributed by atoms with E-state index in [1.54, 1.807) is 0 Å². The first-order valence-corrected chi connectivity index (χ1v) is 10.1. The van der Waals surface area contributed by atoms with Crippen molar-refractivity contribution in [1.82, 2.24) is 9.55 Å². The zero-order valence-corrected chi connectivity index (χ0v) is 17.1. The van der Waals surface area contributed by atoms with E-state index in [9.17, 15) is 0 Å². The lowest BCUT2D eigenvalue weighted by atomic mass is 10.0. The standard InChI is InChI=1S/C26H20N2O2/c1-15-11-12-19-23(30-24-18-9-4-5-10-20(18)29-25(19)24)21(15)26-27-13-14-28(26)22-16(2)7-6-8-17(22)3/h4-14H,1-3H3. The lowest BCUT2D eigenvalue weighted by molar-refractivity contribution is 0.653. The van der Waals surface area contributed by atoms with Crippen molar-refractivity contribution in [1.29, 1.82) is 0 Å². The minimum Gasteiger partial charge on any atom is -0.452 e. The Hall–Kier alpha value is -3.79. The van der Waals surface area contributed by atoms with E-state index in [0.29, 0.717) is 0 Å². The van der Waals surface area contributed by atoms with Gasteiger partial charge in [0.15, 0.2) is 11.2 Å². The molecule has 0 amide bonds. The molecule has 0 bridgehead atoms. The van der Waals surface area contributed by atoms with Gasteiger partial charge < -0.3 is 8.83 Å². The van der Waals surface area contributed by atoms with Crippen LogP contribution in [0, 0.1) is 20.8 Å². The normalized spacial score (nSPS) is 11.8. The fourth-order valence-corrected chi connectivity index (χ4v) is 4.50. The molecule has 0 aliphatic rings. The highest BCUT2D eigenvalue weighted by Gasteiger charge is 2.22. The second kappa shape index (κ2) is 6.10. The van der Waals surface area contributed by atoms with E-state index >= 15 is 0 Å². The summed E-state index contributed by atoms with van der Waals surface area (Å²) in [7, 11) is 0. The summed E-state index contributed by atoms with van der Waals surface area (Å²) in [5.41, 5.74) is 8.91. The number of hydrogen-bond donors (Lipinski definition) is 0. The average molecular weight is 392 g/mol. The molecule has 4 heteroatoms. The number of aromatic nitrogens is 2. The van der Waals surface area contributed by atoms with Crippen molar-refractivity contribution in [2.24, 2.45) is 0 Å². The van der Waals surface area contributed by atoms with Gasteiger partial charge in [-0.2, -0.15) is 0 Å². The Morgan fingerprint density at radius 2 is 1.47 bits per heavy atom. The third kappa shape index (κ3) is 2.25. The van der Waals surface area contributed by atoms with Gasteiger partial charge in [0.2, 0.25) is 0 Å². The van der Waals surface area contributed by atoms with E-state index < -0.39 is 0 Å². The monoisotopic (exact) mass is 392 g/mol. The number of imidazole rings is 1. The summed E-state index contributed by atoms with van der Waals surface area (Å²) >= 11 is 0.